The molecule has 6 rings (SSSR count). The summed E-state index contributed by atoms with van der Waals surface area (Å²) in [7, 11) is -2.35. The zero-order chi connectivity index (χ0) is 26.1. The van der Waals surface area contributed by atoms with Gasteiger partial charge in [0.25, 0.3) is 0 Å². The van der Waals surface area contributed by atoms with Crippen molar-refractivity contribution in [2.45, 2.75) is 26.7 Å². The van der Waals surface area contributed by atoms with Crippen LogP contribution in [0.4, 0.5) is 0 Å². The van der Waals surface area contributed by atoms with Crippen LogP contribution in [-0.2, 0) is 4.57 Å². The first-order chi connectivity index (χ1) is 18.6. The van der Waals surface area contributed by atoms with Gasteiger partial charge in [-0.1, -0.05) is 123 Å². The van der Waals surface area contributed by atoms with Gasteiger partial charge in [-0.05, 0) is 73.5 Å². The number of fused-ring (bicyclic) bond motifs is 3. The van der Waals surface area contributed by atoms with Crippen LogP contribution >= 0.6 is 7.14 Å². The number of rotatable bonds is 7. The van der Waals surface area contributed by atoms with Gasteiger partial charge in [0, 0.05) is 17.6 Å². The predicted molar refractivity (Wildman–Crippen MR) is 167 cm³/mol. The second kappa shape index (κ2) is 10.2. The topological polar surface area (TPSA) is 17.1 Å². The molecular formula is C36H33OP. The predicted octanol–water partition coefficient (Wildman–Crippen LogP) is 10.3. The van der Waals surface area contributed by atoms with E-state index in [0.29, 0.717) is 0 Å². The average Bonchev–Trinajstić information content (AvgIpc) is 2.96. The van der Waals surface area contributed by atoms with E-state index in [1.54, 1.807) is 0 Å². The standard InChI is InChI=1S/C36H33OP/c1-3-23-38(37,24-4-2)30-21-19-27(20-22-30)35-31-13-7-9-15-33(31)36(34-16-10-8-14-32(34)35)29-18-17-26-11-5-6-12-28(26)25-29/h5-22,25H,3-4,23-24H2,1-2H3. The van der Waals surface area contributed by atoms with Crippen LogP contribution in [0.3, 0.4) is 0 Å². The van der Waals surface area contributed by atoms with Crippen LogP contribution in [0, 0.1) is 0 Å². The van der Waals surface area contributed by atoms with E-state index in [2.05, 4.69) is 129 Å². The molecule has 0 saturated heterocycles. The van der Waals surface area contributed by atoms with Crippen molar-refractivity contribution in [1.29, 1.82) is 0 Å². The lowest BCUT2D eigenvalue weighted by molar-refractivity contribution is 0.579. The van der Waals surface area contributed by atoms with E-state index in [0.717, 1.165) is 30.5 Å². The molecule has 188 valence electrons. The van der Waals surface area contributed by atoms with E-state index in [4.69, 9.17) is 0 Å². The fourth-order valence-electron chi connectivity index (χ4n) is 6.09. The smallest absolute Gasteiger partial charge is 0.115 e. The van der Waals surface area contributed by atoms with Gasteiger partial charge in [-0.25, -0.2) is 0 Å². The van der Waals surface area contributed by atoms with Crippen molar-refractivity contribution >= 4 is 44.8 Å². The molecule has 0 fully saturated rings. The third-order valence-corrected chi connectivity index (χ3v) is 11.3. The van der Waals surface area contributed by atoms with Crippen LogP contribution in [0.1, 0.15) is 26.7 Å². The minimum atomic E-state index is -2.35. The summed E-state index contributed by atoms with van der Waals surface area (Å²) < 4.78 is 13.8. The first-order valence-electron chi connectivity index (χ1n) is 13.7. The lowest BCUT2D eigenvalue weighted by Crippen LogP contribution is -2.10. The van der Waals surface area contributed by atoms with Gasteiger partial charge < -0.3 is 4.57 Å². The van der Waals surface area contributed by atoms with Crippen LogP contribution in [-0.4, -0.2) is 12.3 Å². The lowest BCUT2D eigenvalue weighted by atomic mass is 9.85. The Kier molecular flexibility index (Phi) is 6.64. The molecule has 6 aromatic carbocycles. The molecule has 0 aliphatic rings. The summed E-state index contributed by atoms with van der Waals surface area (Å²) in [5.41, 5.74) is 4.93. The third-order valence-electron chi connectivity index (χ3n) is 7.77. The van der Waals surface area contributed by atoms with Gasteiger partial charge in [-0.15, -0.1) is 0 Å². The van der Waals surface area contributed by atoms with E-state index in [-0.39, 0.29) is 0 Å². The quantitative estimate of drug-likeness (QED) is 0.154. The van der Waals surface area contributed by atoms with Crippen LogP contribution in [0.15, 0.2) is 115 Å². The molecule has 2 heteroatoms. The van der Waals surface area contributed by atoms with Gasteiger partial charge in [0.05, 0.1) is 0 Å². The molecule has 0 saturated carbocycles. The Morgan fingerprint density at radius 2 is 0.947 bits per heavy atom. The van der Waals surface area contributed by atoms with Gasteiger partial charge in [0.15, 0.2) is 0 Å². The van der Waals surface area contributed by atoms with Crippen molar-refractivity contribution in [2.24, 2.45) is 0 Å². The van der Waals surface area contributed by atoms with E-state index in [1.165, 1.54) is 54.6 Å². The summed E-state index contributed by atoms with van der Waals surface area (Å²) in [4.78, 5) is 0. The molecule has 0 N–H and O–H groups in total. The third kappa shape index (κ3) is 4.26. The fourth-order valence-corrected chi connectivity index (χ4v) is 8.96. The summed E-state index contributed by atoms with van der Waals surface area (Å²) in [6.45, 7) is 4.26. The molecule has 0 aliphatic carbocycles. The molecule has 0 aliphatic heterocycles. The first kappa shape index (κ1) is 24.7. The molecule has 6 aromatic rings. The Labute approximate surface area is 225 Å². The summed E-state index contributed by atoms with van der Waals surface area (Å²) in [6.07, 6.45) is 3.47. The Hall–Kier alpha value is -3.67. The zero-order valence-electron chi connectivity index (χ0n) is 22.2. The highest BCUT2D eigenvalue weighted by atomic mass is 31.2. The van der Waals surface area contributed by atoms with Gasteiger partial charge in [-0.2, -0.15) is 0 Å². The first-order valence-corrected chi connectivity index (χ1v) is 15.8. The highest BCUT2D eigenvalue weighted by molar-refractivity contribution is 7.71. The summed E-state index contributed by atoms with van der Waals surface area (Å²) in [5, 5.41) is 8.52. The SMILES string of the molecule is CCCP(=O)(CCC)c1ccc(-c2c3ccccc3c(-c3ccc4ccccc4c3)c3ccccc23)cc1. The zero-order valence-corrected chi connectivity index (χ0v) is 23.0. The Morgan fingerprint density at radius 1 is 0.500 bits per heavy atom. The molecule has 0 amide bonds. The molecule has 0 radical (unpaired) electrons. The highest BCUT2D eigenvalue weighted by Gasteiger charge is 2.23. The average molecular weight is 513 g/mol. The molecule has 0 unspecified atom stereocenters. The van der Waals surface area contributed by atoms with Gasteiger partial charge >= 0.3 is 0 Å². The van der Waals surface area contributed by atoms with Crippen LogP contribution in [0.25, 0.3) is 54.6 Å². The lowest BCUT2D eigenvalue weighted by Gasteiger charge is -2.20. The van der Waals surface area contributed by atoms with E-state index >= 15 is 0 Å². The second-order valence-electron chi connectivity index (χ2n) is 10.3. The molecule has 1 nitrogen and oxygen atoms in total. The highest BCUT2D eigenvalue weighted by Crippen LogP contribution is 2.47. The van der Waals surface area contributed by atoms with E-state index in [9.17, 15) is 4.57 Å². The van der Waals surface area contributed by atoms with Crippen molar-refractivity contribution in [2.75, 3.05) is 12.3 Å². The van der Waals surface area contributed by atoms with Crippen LogP contribution < -0.4 is 5.30 Å². The van der Waals surface area contributed by atoms with Gasteiger partial charge in [0.2, 0.25) is 0 Å². The fraction of sp³-hybridized carbons (Fsp3) is 0.167. The van der Waals surface area contributed by atoms with Crippen molar-refractivity contribution in [3.05, 3.63) is 115 Å². The minimum absolute atomic E-state index is 0.784. The van der Waals surface area contributed by atoms with Crippen molar-refractivity contribution in [3.8, 4) is 22.3 Å². The molecule has 0 bridgehead atoms. The molecular weight excluding hydrogens is 479 g/mol. The normalized spacial score (nSPS) is 11.9. The summed E-state index contributed by atoms with van der Waals surface area (Å²) in [6, 6.07) is 41.5. The maximum absolute atomic E-state index is 13.8. The van der Waals surface area contributed by atoms with Gasteiger partial charge in [-0.3, -0.25) is 0 Å². The van der Waals surface area contributed by atoms with Crippen molar-refractivity contribution < 1.29 is 4.57 Å². The van der Waals surface area contributed by atoms with Crippen molar-refractivity contribution in [1.82, 2.24) is 0 Å². The Balaban J connectivity index is 1.60. The number of hydrogen-bond acceptors (Lipinski definition) is 1. The molecule has 0 aromatic heterocycles. The molecule has 38 heavy (non-hydrogen) atoms. The Morgan fingerprint density at radius 3 is 1.47 bits per heavy atom. The van der Waals surface area contributed by atoms with Crippen molar-refractivity contribution in [3.63, 3.8) is 0 Å². The summed E-state index contributed by atoms with van der Waals surface area (Å²) >= 11 is 0. The van der Waals surface area contributed by atoms with Crippen LogP contribution in [0.2, 0.25) is 0 Å². The maximum Gasteiger partial charge on any atom is 0.115 e. The molecule has 0 spiro atoms. The Bertz CT molecular complexity index is 1750. The largest absolute Gasteiger partial charge is 0.319 e. The van der Waals surface area contributed by atoms with Gasteiger partial charge in [0.1, 0.15) is 7.14 Å². The molecule has 0 atom stereocenters. The number of hydrogen-bond donors (Lipinski definition) is 0. The van der Waals surface area contributed by atoms with Crippen LogP contribution in [0.5, 0.6) is 0 Å². The minimum Gasteiger partial charge on any atom is -0.319 e. The summed E-state index contributed by atoms with van der Waals surface area (Å²) in [5.74, 6) is 0. The maximum atomic E-state index is 13.8. The monoisotopic (exact) mass is 512 g/mol. The van der Waals surface area contributed by atoms with E-state index < -0.39 is 7.14 Å². The number of benzene rings is 6. The molecule has 0 heterocycles. The second-order valence-corrected chi connectivity index (χ2v) is 13.5. The van der Waals surface area contributed by atoms with E-state index in [1.807, 2.05) is 0 Å².